The molecule has 154 valence electrons. The minimum absolute atomic E-state index is 0.0838. The van der Waals surface area contributed by atoms with Crippen molar-refractivity contribution in [2.45, 2.75) is 32.2 Å². The molecule has 0 bridgehead atoms. The van der Waals surface area contributed by atoms with Crippen molar-refractivity contribution in [2.24, 2.45) is 0 Å². The van der Waals surface area contributed by atoms with Crippen LogP contribution in [0, 0.1) is 0 Å². The van der Waals surface area contributed by atoms with Gasteiger partial charge < -0.3 is 10.1 Å². The average Bonchev–Trinajstić information content (AvgIpc) is 3.35. The third-order valence-electron chi connectivity index (χ3n) is 5.38. The van der Waals surface area contributed by atoms with Gasteiger partial charge in [-0.25, -0.2) is 4.79 Å². The number of ether oxygens (including phenoxy) is 1. The Labute approximate surface area is 177 Å². The molecule has 5 heteroatoms. The lowest BCUT2D eigenvalue weighted by Crippen LogP contribution is -2.26. The van der Waals surface area contributed by atoms with Crippen molar-refractivity contribution in [2.75, 3.05) is 13.2 Å². The zero-order chi connectivity index (χ0) is 20.9. The number of benzene rings is 2. The van der Waals surface area contributed by atoms with E-state index in [1.165, 1.54) is 22.3 Å². The number of fused-ring (bicyclic) bond motifs is 3. The number of carbonyl (C=O) groups is 1. The Hall–Kier alpha value is -3.34. The Morgan fingerprint density at radius 1 is 1.13 bits per heavy atom. The molecule has 2 aromatic carbocycles. The maximum atomic E-state index is 12.2. The number of hydrogen-bond acceptors (Lipinski definition) is 3. The summed E-state index contributed by atoms with van der Waals surface area (Å²) >= 11 is 0. The molecule has 4 rings (SSSR count). The third-order valence-corrected chi connectivity index (χ3v) is 5.38. The van der Waals surface area contributed by atoms with E-state index < -0.39 is 0 Å². The maximum Gasteiger partial charge on any atom is 0.407 e. The summed E-state index contributed by atoms with van der Waals surface area (Å²) in [6, 6.07) is 17.0. The van der Waals surface area contributed by atoms with Crippen LogP contribution in [-0.4, -0.2) is 29.0 Å². The molecule has 0 unspecified atom stereocenters. The molecule has 1 heterocycles. The largest absolute Gasteiger partial charge is 0.449 e. The van der Waals surface area contributed by atoms with Crippen LogP contribution in [0.3, 0.4) is 0 Å². The quantitative estimate of drug-likeness (QED) is 0.539. The van der Waals surface area contributed by atoms with Crippen LogP contribution in [0.1, 0.15) is 48.9 Å². The van der Waals surface area contributed by atoms with Gasteiger partial charge in [0.05, 0.1) is 6.20 Å². The molecular formula is C25H27N3O2. The molecule has 0 fully saturated rings. The summed E-state index contributed by atoms with van der Waals surface area (Å²) in [6.07, 6.45) is 8.27. The molecule has 0 radical (unpaired) electrons. The zero-order valence-electron chi connectivity index (χ0n) is 17.4. The number of nitrogens with zero attached hydrogens (tertiary/aromatic N) is 2. The van der Waals surface area contributed by atoms with Crippen molar-refractivity contribution in [1.29, 1.82) is 0 Å². The van der Waals surface area contributed by atoms with Gasteiger partial charge in [0.25, 0.3) is 0 Å². The lowest BCUT2D eigenvalue weighted by atomic mass is 9.98. The van der Waals surface area contributed by atoms with Crippen molar-refractivity contribution in [1.82, 2.24) is 15.1 Å². The summed E-state index contributed by atoms with van der Waals surface area (Å²) in [4.78, 5) is 12.2. The van der Waals surface area contributed by atoms with Gasteiger partial charge in [0.1, 0.15) is 6.61 Å². The standard InChI is InChI=1S/C25H27N3O2/c1-18(2)28-16-19(15-27-28)9-7-8-14-26-25(29)30-17-24-22-12-5-3-10-20(22)21-11-4-6-13-23(21)24/h3-7,9-13,15-16,18,24H,8,14,17H2,1-2H3,(H,26,29). The second kappa shape index (κ2) is 8.99. The zero-order valence-corrected chi connectivity index (χ0v) is 17.4. The Morgan fingerprint density at radius 2 is 1.80 bits per heavy atom. The molecule has 1 aliphatic rings. The van der Waals surface area contributed by atoms with Crippen molar-refractivity contribution >= 4 is 12.2 Å². The molecule has 0 saturated heterocycles. The molecule has 0 spiro atoms. The van der Waals surface area contributed by atoms with Crippen LogP contribution in [0.2, 0.25) is 0 Å². The predicted molar refractivity (Wildman–Crippen MR) is 119 cm³/mol. The summed E-state index contributed by atoms with van der Waals surface area (Å²) < 4.78 is 7.47. The highest BCUT2D eigenvalue weighted by atomic mass is 16.5. The molecule has 3 aromatic rings. The maximum absolute atomic E-state index is 12.2. The molecule has 1 N–H and O–H groups in total. The Balaban J connectivity index is 1.26. The second-order valence-electron chi connectivity index (χ2n) is 7.79. The number of carbonyl (C=O) groups excluding carboxylic acids is 1. The normalized spacial score (nSPS) is 12.9. The van der Waals surface area contributed by atoms with E-state index in [4.69, 9.17) is 4.74 Å². The molecule has 30 heavy (non-hydrogen) atoms. The smallest absolute Gasteiger partial charge is 0.407 e. The second-order valence-corrected chi connectivity index (χ2v) is 7.79. The number of amides is 1. The third kappa shape index (κ3) is 4.30. The first-order chi connectivity index (χ1) is 14.6. The van der Waals surface area contributed by atoms with Gasteiger partial charge in [-0.1, -0.05) is 60.7 Å². The van der Waals surface area contributed by atoms with Gasteiger partial charge in [0, 0.05) is 30.3 Å². The van der Waals surface area contributed by atoms with E-state index in [-0.39, 0.29) is 12.0 Å². The molecule has 5 nitrogen and oxygen atoms in total. The highest BCUT2D eigenvalue weighted by Gasteiger charge is 2.28. The fourth-order valence-corrected chi connectivity index (χ4v) is 3.85. The Kier molecular flexibility index (Phi) is 5.98. The van der Waals surface area contributed by atoms with Crippen LogP contribution < -0.4 is 5.32 Å². The van der Waals surface area contributed by atoms with Gasteiger partial charge in [-0.2, -0.15) is 5.10 Å². The number of alkyl carbamates (subject to hydrolysis) is 1. The van der Waals surface area contributed by atoms with E-state index in [1.807, 2.05) is 53.5 Å². The molecule has 0 saturated carbocycles. The van der Waals surface area contributed by atoms with Gasteiger partial charge in [-0.15, -0.1) is 0 Å². The number of hydrogen-bond donors (Lipinski definition) is 1. The molecule has 1 aliphatic carbocycles. The van der Waals surface area contributed by atoms with Crippen LogP contribution in [-0.2, 0) is 4.74 Å². The minimum atomic E-state index is -0.377. The van der Waals surface area contributed by atoms with Crippen molar-refractivity contribution in [3.8, 4) is 11.1 Å². The molecule has 1 amide bonds. The first-order valence-corrected chi connectivity index (χ1v) is 10.4. The van der Waals surface area contributed by atoms with E-state index in [9.17, 15) is 4.79 Å². The number of rotatable bonds is 7. The van der Waals surface area contributed by atoms with E-state index in [0.29, 0.717) is 19.2 Å². The fraction of sp³-hybridized carbons (Fsp3) is 0.280. The van der Waals surface area contributed by atoms with E-state index >= 15 is 0 Å². The van der Waals surface area contributed by atoms with Crippen LogP contribution >= 0.6 is 0 Å². The monoisotopic (exact) mass is 401 g/mol. The molecule has 1 aromatic heterocycles. The lowest BCUT2D eigenvalue weighted by molar-refractivity contribution is 0.143. The highest BCUT2D eigenvalue weighted by Crippen LogP contribution is 2.44. The first kappa shape index (κ1) is 20.0. The minimum Gasteiger partial charge on any atom is -0.449 e. The van der Waals surface area contributed by atoms with Crippen molar-refractivity contribution < 1.29 is 9.53 Å². The van der Waals surface area contributed by atoms with Gasteiger partial charge in [0.2, 0.25) is 0 Å². The van der Waals surface area contributed by atoms with Crippen LogP contribution in [0.4, 0.5) is 4.79 Å². The SMILES string of the molecule is CC(C)n1cc(C=CCCNC(=O)OCC2c3ccccc3-c3ccccc32)cn1. The summed E-state index contributed by atoms with van der Waals surface area (Å²) in [5.74, 6) is 0.0838. The van der Waals surface area contributed by atoms with Crippen molar-refractivity contribution in [3.05, 3.63) is 83.7 Å². The van der Waals surface area contributed by atoms with Crippen molar-refractivity contribution in [3.63, 3.8) is 0 Å². The summed E-state index contributed by atoms with van der Waals surface area (Å²) in [7, 11) is 0. The molecular weight excluding hydrogens is 374 g/mol. The van der Waals surface area contributed by atoms with Crippen LogP contribution in [0.15, 0.2) is 67.0 Å². The first-order valence-electron chi connectivity index (χ1n) is 10.4. The molecule has 0 aliphatic heterocycles. The van der Waals surface area contributed by atoms with E-state index in [2.05, 4.69) is 48.5 Å². The molecule has 0 atom stereocenters. The Morgan fingerprint density at radius 3 is 2.43 bits per heavy atom. The Bertz CT molecular complexity index is 1010. The van der Waals surface area contributed by atoms with Gasteiger partial charge in [-0.3, -0.25) is 4.68 Å². The highest BCUT2D eigenvalue weighted by molar-refractivity contribution is 5.79. The predicted octanol–water partition coefficient (Wildman–Crippen LogP) is 5.41. The van der Waals surface area contributed by atoms with Gasteiger partial charge in [-0.05, 0) is 42.5 Å². The van der Waals surface area contributed by atoms with Crippen LogP contribution in [0.25, 0.3) is 17.2 Å². The fourth-order valence-electron chi connectivity index (χ4n) is 3.85. The summed E-state index contributed by atoms with van der Waals surface area (Å²) in [5.41, 5.74) is 5.96. The van der Waals surface area contributed by atoms with Gasteiger partial charge in [0.15, 0.2) is 0 Å². The average molecular weight is 402 g/mol. The summed E-state index contributed by atoms with van der Waals surface area (Å²) in [5, 5.41) is 7.14. The number of nitrogens with one attached hydrogen (secondary N) is 1. The summed E-state index contributed by atoms with van der Waals surface area (Å²) in [6.45, 7) is 5.06. The van der Waals surface area contributed by atoms with E-state index in [0.717, 1.165) is 12.0 Å². The van der Waals surface area contributed by atoms with Crippen LogP contribution in [0.5, 0.6) is 0 Å². The topological polar surface area (TPSA) is 56.2 Å². The van der Waals surface area contributed by atoms with E-state index in [1.54, 1.807) is 0 Å². The lowest BCUT2D eigenvalue weighted by Gasteiger charge is -2.14. The van der Waals surface area contributed by atoms with Gasteiger partial charge >= 0.3 is 6.09 Å². The number of aromatic nitrogens is 2.